The van der Waals surface area contributed by atoms with Gasteiger partial charge in [-0.05, 0) is 35.4 Å². The monoisotopic (exact) mass is 369 g/mol. The maximum absolute atomic E-state index is 12.2. The highest BCUT2D eigenvalue weighted by Crippen LogP contribution is 2.43. The summed E-state index contributed by atoms with van der Waals surface area (Å²) in [5.74, 6) is 1.43. The van der Waals surface area contributed by atoms with Crippen LogP contribution in [0.15, 0.2) is 41.5 Å². The van der Waals surface area contributed by atoms with Crippen molar-refractivity contribution in [2.45, 2.75) is 19.4 Å². The Morgan fingerprint density at radius 1 is 1.11 bits per heavy atom. The van der Waals surface area contributed by atoms with Crippen molar-refractivity contribution in [1.82, 2.24) is 5.01 Å². The smallest absolute Gasteiger partial charge is 0.240 e. The van der Waals surface area contributed by atoms with Crippen LogP contribution in [0.25, 0.3) is 0 Å². The van der Waals surface area contributed by atoms with Crippen molar-refractivity contribution >= 4 is 17.3 Å². The van der Waals surface area contributed by atoms with E-state index < -0.39 is 0 Å². The van der Waals surface area contributed by atoms with Crippen LogP contribution in [0.2, 0.25) is 0 Å². The summed E-state index contributed by atoms with van der Waals surface area (Å²) in [5.41, 5.74) is 9.10. The highest BCUT2D eigenvalue weighted by molar-refractivity contribution is 6.03. The summed E-state index contributed by atoms with van der Waals surface area (Å²) in [5, 5.41) is 6.03. The van der Waals surface area contributed by atoms with Gasteiger partial charge >= 0.3 is 0 Å². The second-order valence-electron chi connectivity index (χ2n) is 6.21. The van der Waals surface area contributed by atoms with E-state index >= 15 is 0 Å². The molecule has 1 atom stereocenters. The molecule has 1 amide bonds. The van der Waals surface area contributed by atoms with Crippen LogP contribution >= 0.6 is 0 Å². The molecule has 142 valence electrons. The van der Waals surface area contributed by atoms with Crippen LogP contribution in [0.1, 0.15) is 30.5 Å². The number of ether oxygens (including phenoxy) is 3. The zero-order valence-electron chi connectivity index (χ0n) is 15.9. The zero-order valence-corrected chi connectivity index (χ0v) is 15.9. The molecule has 7 heteroatoms. The summed E-state index contributed by atoms with van der Waals surface area (Å²) in [6, 6.07) is 10.9. The summed E-state index contributed by atoms with van der Waals surface area (Å²) in [7, 11) is 4.68. The molecular weight excluding hydrogens is 346 g/mol. The van der Waals surface area contributed by atoms with Gasteiger partial charge in [-0.2, -0.15) is 5.10 Å². The highest BCUT2D eigenvalue weighted by atomic mass is 16.5. The largest absolute Gasteiger partial charge is 0.493 e. The third-order valence-corrected chi connectivity index (χ3v) is 4.52. The van der Waals surface area contributed by atoms with Crippen molar-refractivity contribution in [3.63, 3.8) is 0 Å². The minimum atomic E-state index is -0.271. The van der Waals surface area contributed by atoms with Gasteiger partial charge in [0, 0.05) is 19.0 Å². The molecule has 1 aliphatic rings. The highest BCUT2D eigenvalue weighted by Gasteiger charge is 2.33. The van der Waals surface area contributed by atoms with E-state index in [0.717, 1.165) is 16.8 Å². The van der Waals surface area contributed by atoms with Crippen molar-refractivity contribution in [2.75, 3.05) is 27.1 Å². The first-order valence-corrected chi connectivity index (χ1v) is 8.51. The van der Waals surface area contributed by atoms with E-state index in [0.29, 0.717) is 29.4 Å². The summed E-state index contributed by atoms with van der Waals surface area (Å²) < 4.78 is 16.3. The summed E-state index contributed by atoms with van der Waals surface area (Å²) >= 11 is 0. The Morgan fingerprint density at radius 2 is 1.78 bits per heavy atom. The Morgan fingerprint density at radius 3 is 2.30 bits per heavy atom. The number of rotatable bonds is 5. The van der Waals surface area contributed by atoms with E-state index in [1.54, 1.807) is 21.3 Å². The maximum atomic E-state index is 12.2. The number of amides is 1. The number of nitrogen functional groups attached to an aromatic ring is 1. The number of nitrogens with zero attached hydrogens (tertiary/aromatic N) is 2. The molecule has 0 bridgehead atoms. The first-order valence-electron chi connectivity index (χ1n) is 8.51. The molecule has 0 saturated carbocycles. The Balaban J connectivity index is 2.03. The van der Waals surface area contributed by atoms with Crippen LogP contribution in [0.3, 0.4) is 0 Å². The SMILES string of the molecule is COc1cc(C2CC(c3cccc(N)c3)=NN2C(C)=O)cc(OC)c1OC. The molecule has 0 saturated heterocycles. The molecule has 0 radical (unpaired) electrons. The fourth-order valence-corrected chi connectivity index (χ4v) is 3.25. The van der Waals surface area contributed by atoms with Gasteiger partial charge in [0.15, 0.2) is 11.5 Å². The predicted molar refractivity (Wildman–Crippen MR) is 103 cm³/mol. The number of nitrogens with two attached hydrogens (primary N) is 1. The molecule has 0 aromatic heterocycles. The second kappa shape index (κ2) is 7.57. The minimum absolute atomic E-state index is 0.146. The summed E-state index contributed by atoms with van der Waals surface area (Å²) in [6.07, 6.45) is 0.557. The lowest BCUT2D eigenvalue weighted by molar-refractivity contribution is -0.130. The third-order valence-electron chi connectivity index (χ3n) is 4.52. The van der Waals surface area contributed by atoms with Crippen molar-refractivity contribution < 1.29 is 19.0 Å². The summed E-state index contributed by atoms with van der Waals surface area (Å²) in [4.78, 5) is 12.2. The van der Waals surface area contributed by atoms with Crippen LogP contribution < -0.4 is 19.9 Å². The molecule has 2 aromatic carbocycles. The maximum Gasteiger partial charge on any atom is 0.240 e. The Kier molecular flexibility index (Phi) is 5.21. The van der Waals surface area contributed by atoms with Crippen LogP contribution in [0.4, 0.5) is 5.69 Å². The summed E-state index contributed by atoms with van der Waals surface area (Å²) in [6.45, 7) is 1.50. The lowest BCUT2D eigenvalue weighted by atomic mass is 9.97. The predicted octanol–water partition coefficient (Wildman–Crippen LogP) is 2.99. The standard InChI is InChI=1S/C20H23N3O4/c1-12(24)23-17(11-16(22-23)13-6-5-7-15(21)8-13)14-9-18(25-2)20(27-4)19(10-14)26-3/h5-10,17H,11,21H2,1-4H3. The van der Waals surface area contributed by atoms with Gasteiger partial charge in [-0.1, -0.05) is 12.1 Å². The van der Waals surface area contributed by atoms with Crippen molar-refractivity contribution in [3.05, 3.63) is 47.5 Å². The molecule has 2 N–H and O–H groups in total. The van der Waals surface area contributed by atoms with Crippen LogP contribution in [-0.4, -0.2) is 38.0 Å². The van der Waals surface area contributed by atoms with Crippen molar-refractivity contribution in [3.8, 4) is 17.2 Å². The number of anilines is 1. The van der Waals surface area contributed by atoms with Crippen LogP contribution in [-0.2, 0) is 4.79 Å². The molecule has 1 unspecified atom stereocenters. The second-order valence-corrected chi connectivity index (χ2v) is 6.21. The van der Waals surface area contributed by atoms with Crippen LogP contribution in [0.5, 0.6) is 17.2 Å². The lowest BCUT2D eigenvalue weighted by Crippen LogP contribution is -2.24. The van der Waals surface area contributed by atoms with Gasteiger partial charge in [0.2, 0.25) is 11.7 Å². The van der Waals surface area contributed by atoms with E-state index in [4.69, 9.17) is 19.9 Å². The third kappa shape index (κ3) is 3.53. The quantitative estimate of drug-likeness (QED) is 0.819. The lowest BCUT2D eigenvalue weighted by Gasteiger charge is -2.22. The molecule has 3 rings (SSSR count). The number of hydrogen-bond acceptors (Lipinski definition) is 6. The first kappa shape index (κ1) is 18.6. The van der Waals surface area contributed by atoms with Gasteiger partial charge in [-0.25, -0.2) is 5.01 Å². The fraction of sp³-hybridized carbons (Fsp3) is 0.300. The van der Waals surface area contributed by atoms with E-state index in [-0.39, 0.29) is 11.9 Å². The van der Waals surface area contributed by atoms with Gasteiger partial charge in [0.1, 0.15) is 0 Å². The Labute approximate surface area is 158 Å². The van der Waals surface area contributed by atoms with E-state index in [1.165, 1.54) is 11.9 Å². The normalized spacial score (nSPS) is 16.1. The number of carbonyl (C=O) groups excluding carboxylic acids is 1. The van der Waals surface area contributed by atoms with E-state index in [2.05, 4.69) is 5.10 Å². The number of benzene rings is 2. The van der Waals surface area contributed by atoms with Crippen LogP contribution in [0, 0.1) is 0 Å². The van der Waals surface area contributed by atoms with E-state index in [9.17, 15) is 4.79 Å². The van der Waals surface area contributed by atoms with Crippen molar-refractivity contribution in [2.24, 2.45) is 5.10 Å². The number of methoxy groups -OCH3 is 3. The number of hydrogen-bond donors (Lipinski definition) is 1. The Hall–Kier alpha value is -3.22. The molecule has 2 aromatic rings. The molecule has 27 heavy (non-hydrogen) atoms. The first-order chi connectivity index (χ1) is 13.0. The topological polar surface area (TPSA) is 86.4 Å². The van der Waals surface area contributed by atoms with Gasteiger partial charge < -0.3 is 19.9 Å². The Bertz CT molecular complexity index is 870. The molecule has 0 spiro atoms. The fourth-order valence-electron chi connectivity index (χ4n) is 3.25. The average molecular weight is 369 g/mol. The number of hydrazone groups is 1. The molecule has 0 aliphatic carbocycles. The molecule has 0 fully saturated rings. The van der Waals surface area contributed by atoms with Gasteiger partial charge in [-0.15, -0.1) is 0 Å². The minimum Gasteiger partial charge on any atom is -0.493 e. The molecule has 1 aliphatic heterocycles. The average Bonchev–Trinajstić information content (AvgIpc) is 3.12. The van der Waals surface area contributed by atoms with Gasteiger partial charge in [0.25, 0.3) is 0 Å². The number of carbonyl (C=O) groups is 1. The molecule has 1 heterocycles. The zero-order chi connectivity index (χ0) is 19.6. The molecular formula is C20H23N3O4. The van der Waals surface area contributed by atoms with E-state index in [1.807, 2.05) is 36.4 Å². The van der Waals surface area contributed by atoms with Gasteiger partial charge in [0.05, 0.1) is 33.1 Å². The van der Waals surface area contributed by atoms with Crippen molar-refractivity contribution in [1.29, 1.82) is 0 Å². The molecule has 7 nitrogen and oxygen atoms in total. The van der Waals surface area contributed by atoms with Gasteiger partial charge in [-0.3, -0.25) is 4.79 Å².